The van der Waals surface area contributed by atoms with Crippen molar-refractivity contribution in [1.29, 1.82) is 0 Å². The average molecular weight is 287 g/mol. The summed E-state index contributed by atoms with van der Waals surface area (Å²) < 4.78 is 0. The molecule has 0 aliphatic heterocycles. The van der Waals surface area contributed by atoms with Crippen LogP contribution in [0.25, 0.3) is 0 Å². The second-order valence-corrected chi connectivity index (χ2v) is 4.32. The Morgan fingerprint density at radius 1 is 1.53 bits per heavy atom. The van der Waals surface area contributed by atoms with E-state index in [1.54, 1.807) is 6.92 Å². The highest BCUT2D eigenvalue weighted by Crippen LogP contribution is 2.24. The van der Waals surface area contributed by atoms with E-state index in [-0.39, 0.29) is 22.9 Å². The average Bonchev–Trinajstić information content (AvgIpc) is 2.39. The van der Waals surface area contributed by atoms with E-state index in [1.165, 1.54) is 17.0 Å². The van der Waals surface area contributed by atoms with Crippen molar-refractivity contribution < 1.29 is 14.8 Å². The van der Waals surface area contributed by atoms with Gasteiger partial charge in [-0.2, -0.15) is 0 Å². The van der Waals surface area contributed by atoms with E-state index in [1.807, 2.05) is 0 Å². The molecule has 0 fully saturated rings. The van der Waals surface area contributed by atoms with E-state index in [2.05, 4.69) is 0 Å². The largest absolute Gasteiger partial charge is 0.396 e. The van der Waals surface area contributed by atoms with E-state index >= 15 is 0 Å². The number of amides is 1. The molecule has 1 aromatic carbocycles. The number of nitro groups is 1. The number of benzene rings is 1. The quantitative estimate of drug-likeness (QED) is 0.641. The molecule has 0 saturated carbocycles. The fourth-order valence-electron chi connectivity index (χ4n) is 1.67. The molecule has 1 aromatic rings. The monoisotopic (exact) mass is 286 g/mol. The number of carbonyl (C=O) groups excluding carboxylic acids is 1. The van der Waals surface area contributed by atoms with Gasteiger partial charge in [0.05, 0.1) is 4.92 Å². The lowest BCUT2D eigenvalue weighted by molar-refractivity contribution is -0.385. The standard InChI is InChI=1S/C12H15ClN2O4/c1-2-14(6-3-7-16)12(17)10-5-4-9(13)8-11(10)15(18)19/h4-5,8,16H,2-3,6-7H2,1H3. The summed E-state index contributed by atoms with van der Waals surface area (Å²) in [6.07, 6.45) is 0.432. The molecule has 1 N–H and O–H groups in total. The number of carbonyl (C=O) groups is 1. The maximum Gasteiger partial charge on any atom is 0.283 e. The Morgan fingerprint density at radius 2 is 2.21 bits per heavy atom. The van der Waals surface area contributed by atoms with E-state index in [0.29, 0.717) is 19.5 Å². The first-order valence-electron chi connectivity index (χ1n) is 5.85. The van der Waals surface area contributed by atoms with Crippen molar-refractivity contribution in [3.8, 4) is 0 Å². The third-order valence-corrected chi connectivity index (χ3v) is 2.88. The fourth-order valence-corrected chi connectivity index (χ4v) is 1.84. The van der Waals surface area contributed by atoms with Crippen LogP contribution in [0.4, 0.5) is 5.69 Å². The van der Waals surface area contributed by atoms with Gasteiger partial charge in [0.25, 0.3) is 11.6 Å². The molecule has 1 amide bonds. The maximum absolute atomic E-state index is 12.2. The van der Waals surface area contributed by atoms with Gasteiger partial charge in [-0.3, -0.25) is 14.9 Å². The van der Waals surface area contributed by atoms with Crippen LogP contribution in [0.15, 0.2) is 18.2 Å². The van der Waals surface area contributed by atoms with E-state index in [4.69, 9.17) is 16.7 Å². The number of halogens is 1. The van der Waals surface area contributed by atoms with Crippen LogP contribution < -0.4 is 0 Å². The number of hydrogen-bond donors (Lipinski definition) is 1. The van der Waals surface area contributed by atoms with Gasteiger partial charge in [0, 0.05) is 30.8 Å². The zero-order valence-corrected chi connectivity index (χ0v) is 11.3. The van der Waals surface area contributed by atoms with Gasteiger partial charge in [-0.05, 0) is 25.5 Å². The van der Waals surface area contributed by atoms with Crippen molar-refractivity contribution in [2.45, 2.75) is 13.3 Å². The molecule has 0 aliphatic rings. The van der Waals surface area contributed by atoms with E-state index in [0.717, 1.165) is 6.07 Å². The van der Waals surface area contributed by atoms with Crippen molar-refractivity contribution in [3.05, 3.63) is 38.9 Å². The molecule has 6 nitrogen and oxygen atoms in total. The van der Waals surface area contributed by atoms with Crippen LogP contribution in [0, 0.1) is 10.1 Å². The summed E-state index contributed by atoms with van der Waals surface area (Å²) >= 11 is 5.70. The van der Waals surface area contributed by atoms with Crippen molar-refractivity contribution in [3.63, 3.8) is 0 Å². The van der Waals surface area contributed by atoms with Gasteiger partial charge < -0.3 is 10.0 Å². The van der Waals surface area contributed by atoms with Gasteiger partial charge in [-0.25, -0.2) is 0 Å². The number of aliphatic hydroxyl groups is 1. The lowest BCUT2D eigenvalue weighted by Crippen LogP contribution is -2.32. The van der Waals surface area contributed by atoms with Crippen LogP contribution in [0.1, 0.15) is 23.7 Å². The first-order chi connectivity index (χ1) is 9.01. The lowest BCUT2D eigenvalue weighted by atomic mass is 10.1. The van der Waals surface area contributed by atoms with Gasteiger partial charge in [-0.15, -0.1) is 0 Å². The number of aliphatic hydroxyl groups excluding tert-OH is 1. The topological polar surface area (TPSA) is 83.7 Å². The van der Waals surface area contributed by atoms with Crippen LogP contribution >= 0.6 is 11.6 Å². The van der Waals surface area contributed by atoms with Crippen LogP contribution in [-0.2, 0) is 0 Å². The van der Waals surface area contributed by atoms with Crippen LogP contribution in [0.5, 0.6) is 0 Å². The Morgan fingerprint density at radius 3 is 2.74 bits per heavy atom. The van der Waals surface area contributed by atoms with Crippen molar-refractivity contribution >= 4 is 23.2 Å². The second-order valence-electron chi connectivity index (χ2n) is 3.88. The van der Waals surface area contributed by atoms with Gasteiger partial charge >= 0.3 is 0 Å². The molecule has 1 rings (SSSR count). The summed E-state index contributed by atoms with van der Waals surface area (Å²) in [7, 11) is 0. The highest BCUT2D eigenvalue weighted by molar-refractivity contribution is 6.31. The number of nitrogens with zero attached hydrogens (tertiary/aromatic N) is 2. The van der Waals surface area contributed by atoms with Crippen molar-refractivity contribution in [1.82, 2.24) is 4.90 Å². The molecule has 0 aromatic heterocycles. The molecular weight excluding hydrogens is 272 g/mol. The lowest BCUT2D eigenvalue weighted by Gasteiger charge is -2.20. The van der Waals surface area contributed by atoms with Crippen LogP contribution in [-0.4, -0.2) is 40.5 Å². The highest BCUT2D eigenvalue weighted by atomic mass is 35.5. The first-order valence-corrected chi connectivity index (χ1v) is 6.23. The fraction of sp³-hybridized carbons (Fsp3) is 0.417. The third kappa shape index (κ3) is 3.90. The second kappa shape index (κ2) is 7.06. The zero-order chi connectivity index (χ0) is 14.4. The van der Waals surface area contributed by atoms with E-state index in [9.17, 15) is 14.9 Å². The molecule has 0 aliphatic carbocycles. The van der Waals surface area contributed by atoms with Crippen LogP contribution in [0.2, 0.25) is 5.02 Å². The van der Waals surface area contributed by atoms with Gasteiger partial charge in [0.2, 0.25) is 0 Å². The summed E-state index contributed by atoms with van der Waals surface area (Å²) in [5.41, 5.74) is -0.297. The highest BCUT2D eigenvalue weighted by Gasteiger charge is 2.24. The minimum absolute atomic E-state index is 0.00851. The zero-order valence-electron chi connectivity index (χ0n) is 10.5. The smallest absolute Gasteiger partial charge is 0.283 e. The van der Waals surface area contributed by atoms with Crippen molar-refractivity contribution in [2.24, 2.45) is 0 Å². The summed E-state index contributed by atoms with van der Waals surface area (Å²) in [6, 6.07) is 3.96. The minimum atomic E-state index is -0.626. The first kappa shape index (κ1) is 15.4. The molecule has 0 spiro atoms. The summed E-state index contributed by atoms with van der Waals surface area (Å²) in [5, 5.41) is 19.9. The predicted molar refractivity (Wildman–Crippen MR) is 71.4 cm³/mol. The summed E-state index contributed by atoms with van der Waals surface area (Å²) in [6.45, 7) is 2.51. The molecule has 0 saturated heterocycles. The molecule has 19 heavy (non-hydrogen) atoms. The predicted octanol–water partition coefficient (Wildman–Crippen LogP) is 2.09. The molecule has 0 unspecified atom stereocenters. The van der Waals surface area contributed by atoms with Gasteiger partial charge in [-0.1, -0.05) is 11.6 Å². The molecular formula is C12H15ClN2O4. The molecule has 0 bridgehead atoms. The van der Waals surface area contributed by atoms with Gasteiger partial charge in [0.1, 0.15) is 5.56 Å². The maximum atomic E-state index is 12.2. The molecule has 0 atom stereocenters. The SMILES string of the molecule is CCN(CCCO)C(=O)c1ccc(Cl)cc1[N+](=O)[O-]. The Kier molecular flexibility index (Phi) is 5.72. The molecule has 104 valence electrons. The van der Waals surface area contributed by atoms with Crippen LogP contribution in [0.3, 0.4) is 0 Å². The summed E-state index contributed by atoms with van der Waals surface area (Å²) in [4.78, 5) is 24.0. The molecule has 0 radical (unpaired) electrons. The van der Waals surface area contributed by atoms with Gasteiger partial charge in [0.15, 0.2) is 0 Å². The third-order valence-electron chi connectivity index (χ3n) is 2.64. The minimum Gasteiger partial charge on any atom is -0.396 e. The number of nitro benzene ring substituents is 1. The Hall–Kier alpha value is -1.66. The Balaban J connectivity index is 3.07. The van der Waals surface area contributed by atoms with Crippen molar-refractivity contribution in [2.75, 3.05) is 19.7 Å². The Bertz CT molecular complexity index is 479. The number of rotatable bonds is 6. The number of hydrogen-bond acceptors (Lipinski definition) is 4. The summed E-state index contributed by atoms with van der Waals surface area (Å²) in [5.74, 6) is -0.431. The Labute approximate surface area is 115 Å². The van der Waals surface area contributed by atoms with E-state index < -0.39 is 10.8 Å². The molecule has 7 heteroatoms. The normalized spacial score (nSPS) is 10.3. The molecule has 0 heterocycles.